The van der Waals surface area contributed by atoms with E-state index in [-0.39, 0.29) is 11.5 Å². The number of methoxy groups -OCH3 is 1. The lowest BCUT2D eigenvalue weighted by Gasteiger charge is -2.27. The highest BCUT2D eigenvalue weighted by Crippen LogP contribution is 2.24. The summed E-state index contributed by atoms with van der Waals surface area (Å²) >= 11 is 0. The summed E-state index contributed by atoms with van der Waals surface area (Å²) in [5.41, 5.74) is 1.75. The molecule has 0 aliphatic carbocycles. The molecule has 0 radical (unpaired) electrons. The van der Waals surface area contributed by atoms with Crippen molar-refractivity contribution in [2.45, 2.75) is 25.9 Å². The van der Waals surface area contributed by atoms with E-state index in [4.69, 9.17) is 9.47 Å². The molecular weight excluding hydrogens is 330 g/mol. The first-order chi connectivity index (χ1) is 12.7. The van der Waals surface area contributed by atoms with Gasteiger partial charge in [-0.25, -0.2) is 4.79 Å². The highest BCUT2D eigenvalue weighted by atomic mass is 16.5. The van der Waals surface area contributed by atoms with Crippen LogP contribution in [0, 0.1) is 0 Å². The van der Waals surface area contributed by atoms with Gasteiger partial charge in [0, 0.05) is 18.7 Å². The molecule has 0 atom stereocenters. The maximum absolute atomic E-state index is 12.7. The average molecular weight is 353 g/mol. The first-order valence-electron chi connectivity index (χ1n) is 8.87. The third kappa shape index (κ3) is 4.23. The van der Waals surface area contributed by atoms with Gasteiger partial charge < -0.3 is 14.4 Å². The SMILES string of the molecule is COC(=O)c1cc(C(=O)N2CCCCC2)ccc1OCc1ccccc1. The maximum Gasteiger partial charge on any atom is 0.341 e. The zero-order valence-electron chi connectivity index (χ0n) is 14.9. The van der Waals surface area contributed by atoms with Crippen molar-refractivity contribution in [3.8, 4) is 5.75 Å². The number of carbonyl (C=O) groups is 2. The summed E-state index contributed by atoms with van der Waals surface area (Å²) in [6.07, 6.45) is 3.20. The molecule has 0 saturated carbocycles. The summed E-state index contributed by atoms with van der Waals surface area (Å²) in [6, 6.07) is 14.7. The molecule has 5 nitrogen and oxygen atoms in total. The summed E-state index contributed by atoms with van der Waals surface area (Å²) in [5, 5.41) is 0. The molecular formula is C21H23NO4. The molecule has 1 aliphatic rings. The van der Waals surface area contributed by atoms with Crippen LogP contribution in [0.5, 0.6) is 5.75 Å². The van der Waals surface area contributed by atoms with Gasteiger partial charge in [0.2, 0.25) is 0 Å². The smallest absolute Gasteiger partial charge is 0.341 e. The number of likely N-dealkylation sites (tertiary alicyclic amines) is 1. The molecule has 1 saturated heterocycles. The van der Waals surface area contributed by atoms with E-state index in [2.05, 4.69) is 0 Å². The van der Waals surface area contributed by atoms with Crippen molar-refractivity contribution in [2.24, 2.45) is 0 Å². The fraction of sp³-hybridized carbons (Fsp3) is 0.333. The summed E-state index contributed by atoms with van der Waals surface area (Å²) in [6.45, 7) is 1.86. The molecule has 2 aromatic carbocycles. The molecule has 0 spiro atoms. The fourth-order valence-corrected chi connectivity index (χ4v) is 3.07. The Labute approximate surface area is 153 Å². The highest BCUT2D eigenvalue weighted by molar-refractivity contribution is 5.99. The topological polar surface area (TPSA) is 55.8 Å². The van der Waals surface area contributed by atoms with Gasteiger partial charge in [-0.15, -0.1) is 0 Å². The second-order valence-corrected chi connectivity index (χ2v) is 6.33. The number of ether oxygens (including phenoxy) is 2. The molecule has 0 bridgehead atoms. The minimum absolute atomic E-state index is 0.0514. The van der Waals surface area contributed by atoms with Crippen LogP contribution in [-0.4, -0.2) is 37.0 Å². The number of carbonyl (C=O) groups excluding carboxylic acids is 2. The molecule has 136 valence electrons. The zero-order chi connectivity index (χ0) is 18.4. The average Bonchev–Trinajstić information content (AvgIpc) is 2.72. The highest BCUT2D eigenvalue weighted by Gasteiger charge is 2.21. The Kier molecular flexibility index (Phi) is 5.89. The van der Waals surface area contributed by atoms with Crippen LogP contribution in [0.2, 0.25) is 0 Å². The molecule has 0 N–H and O–H groups in total. The number of esters is 1. The van der Waals surface area contributed by atoms with Crippen molar-refractivity contribution in [1.82, 2.24) is 4.90 Å². The lowest BCUT2D eigenvalue weighted by Crippen LogP contribution is -2.35. The number of amides is 1. The standard InChI is InChI=1S/C21H23NO4/c1-25-21(24)18-14-17(20(23)22-12-6-3-7-13-22)10-11-19(18)26-15-16-8-4-2-5-9-16/h2,4-5,8-11,14H,3,6-7,12-13,15H2,1H3. The molecule has 3 rings (SSSR count). The molecule has 1 aliphatic heterocycles. The molecule has 1 heterocycles. The summed E-state index contributed by atoms with van der Waals surface area (Å²) < 4.78 is 10.7. The maximum atomic E-state index is 12.7. The first kappa shape index (κ1) is 18.0. The minimum Gasteiger partial charge on any atom is -0.488 e. The van der Waals surface area contributed by atoms with E-state index in [0.717, 1.165) is 37.9 Å². The Balaban J connectivity index is 1.81. The largest absolute Gasteiger partial charge is 0.488 e. The van der Waals surface area contributed by atoms with Gasteiger partial charge in [0.1, 0.15) is 17.9 Å². The second kappa shape index (κ2) is 8.52. The van der Waals surface area contributed by atoms with Crippen LogP contribution in [0.25, 0.3) is 0 Å². The van der Waals surface area contributed by atoms with Crippen molar-refractivity contribution < 1.29 is 19.1 Å². The molecule has 0 unspecified atom stereocenters. The number of benzene rings is 2. The molecule has 1 fully saturated rings. The van der Waals surface area contributed by atoms with Crippen LogP contribution in [0.4, 0.5) is 0 Å². The van der Waals surface area contributed by atoms with E-state index in [1.165, 1.54) is 7.11 Å². The van der Waals surface area contributed by atoms with E-state index in [1.54, 1.807) is 18.2 Å². The van der Waals surface area contributed by atoms with Crippen molar-refractivity contribution in [1.29, 1.82) is 0 Å². The van der Waals surface area contributed by atoms with Crippen LogP contribution in [0.1, 0.15) is 45.5 Å². The number of piperidine rings is 1. The number of nitrogens with zero attached hydrogens (tertiary/aromatic N) is 1. The quantitative estimate of drug-likeness (QED) is 0.770. The Bertz CT molecular complexity index is 767. The van der Waals surface area contributed by atoms with E-state index in [1.807, 2.05) is 35.2 Å². The molecule has 2 aromatic rings. The Hall–Kier alpha value is -2.82. The van der Waals surface area contributed by atoms with E-state index < -0.39 is 5.97 Å². The van der Waals surface area contributed by atoms with Gasteiger partial charge in [-0.1, -0.05) is 30.3 Å². The number of rotatable bonds is 5. The summed E-state index contributed by atoms with van der Waals surface area (Å²) in [5.74, 6) is -0.151. The lowest BCUT2D eigenvalue weighted by molar-refractivity contribution is 0.0595. The van der Waals surface area contributed by atoms with Gasteiger partial charge in [-0.2, -0.15) is 0 Å². The van der Waals surface area contributed by atoms with Crippen LogP contribution in [-0.2, 0) is 11.3 Å². The summed E-state index contributed by atoms with van der Waals surface area (Å²) in [4.78, 5) is 26.7. The van der Waals surface area contributed by atoms with Crippen molar-refractivity contribution in [3.63, 3.8) is 0 Å². The van der Waals surface area contributed by atoms with Gasteiger partial charge in [-0.05, 0) is 43.0 Å². The van der Waals surface area contributed by atoms with Gasteiger partial charge in [0.05, 0.1) is 7.11 Å². The van der Waals surface area contributed by atoms with Gasteiger partial charge in [0.25, 0.3) is 5.91 Å². The first-order valence-corrected chi connectivity index (χ1v) is 8.87. The van der Waals surface area contributed by atoms with Crippen molar-refractivity contribution >= 4 is 11.9 Å². The molecule has 5 heteroatoms. The monoisotopic (exact) mass is 353 g/mol. The Morgan fingerprint density at radius 2 is 1.73 bits per heavy atom. The third-order valence-electron chi connectivity index (χ3n) is 4.51. The van der Waals surface area contributed by atoms with Crippen LogP contribution in [0.15, 0.2) is 48.5 Å². The van der Waals surface area contributed by atoms with E-state index >= 15 is 0 Å². The minimum atomic E-state index is -0.513. The summed E-state index contributed by atoms with van der Waals surface area (Å²) in [7, 11) is 1.32. The fourth-order valence-electron chi connectivity index (χ4n) is 3.07. The van der Waals surface area contributed by atoms with Gasteiger partial charge in [0.15, 0.2) is 0 Å². The predicted octanol–water partition coefficient (Wildman–Crippen LogP) is 3.68. The number of hydrogen-bond acceptors (Lipinski definition) is 4. The van der Waals surface area contributed by atoms with Crippen molar-refractivity contribution in [3.05, 3.63) is 65.2 Å². The molecule has 26 heavy (non-hydrogen) atoms. The zero-order valence-corrected chi connectivity index (χ0v) is 14.9. The van der Waals surface area contributed by atoms with Crippen LogP contribution >= 0.6 is 0 Å². The lowest BCUT2D eigenvalue weighted by atomic mass is 10.1. The molecule has 1 amide bonds. The molecule has 0 aromatic heterocycles. The Morgan fingerprint density at radius 1 is 1.00 bits per heavy atom. The predicted molar refractivity (Wildman–Crippen MR) is 98.3 cm³/mol. The Morgan fingerprint density at radius 3 is 2.42 bits per heavy atom. The third-order valence-corrected chi connectivity index (χ3v) is 4.51. The van der Waals surface area contributed by atoms with Gasteiger partial charge >= 0.3 is 5.97 Å². The van der Waals surface area contributed by atoms with Gasteiger partial charge in [-0.3, -0.25) is 4.79 Å². The normalized spacial score (nSPS) is 14.0. The van der Waals surface area contributed by atoms with Crippen LogP contribution < -0.4 is 4.74 Å². The van der Waals surface area contributed by atoms with E-state index in [0.29, 0.717) is 17.9 Å². The van der Waals surface area contributed by atoms with Crippen LogP contribution in [0.3, 0.4) is 0 Å². The number of hydrogen-bond donors (Lipinski definition) is 0. The van der Waals surface area contributed by atoms with E-state index in [9.17, 15) is 9.59 Å². The second-order valence-electron chi connectivity index (χ2n) is 6.33. The van der Waals surface area contributed by atoms with Crippen molar-refractivity contribution in [2.75, 3.05) is 20.2 Å².